The van der Waals surface area contributed by atoms with Gasteiger partial charge in [0.05, 0.1) is 6.10 Å². The summed E-state index contributed by atoms with van der Waals surface area (Å²) in [6, 6.07) is 0. The molecule has 5 atom stereocenters. The minimum atomic E-state index is -4.39. The molecule has 0 radical (unpaired) electrons. The van der Waals surface area contributed by atoms with E-state index in [0.29, 0.717) is 24.2 Å². The summed E-state index contributed by atoms with van der Waals surface area (Å²) < 4.78 is 51.5. The molecule has 0 N–H and O–H groups in total. The molecule has 0 aliphatic heterocycles. The lowest BCUT2D eigenvalue weighted by atomic mass is 9.75. The van der Waals surface area contributed by atoms with Crippen LogP contribution in [-0.2, 0) is 9.47 Å². The van der Waals surface area contributed by atoms with E-state index in [1.54, 1.807) is 0 Å². The van der Waals surface area contributed by atoms with Gasteiger partial charge in [-0.15, -0.1) is 0 Å². The summed E-state index contributed by atoms with van der Waals surface area (Å²) in [4.78, 5) is 0. The van der Waals surface area contributed by atoms with Crippen molar-refractivity contribution in [1.29, 1.82) is 0 Å². The lowest BCUT2D eigenvalue weighted by molar-refractivity contribution is -0.303. The zero-order chi connectivity index (χ0) is 18.5. The first-order chi connectivity index (χ1) is 11.0. The van der Waals surface area contributed by atoms with Crippen molar-refractivity contribution in [2.24, 2.45) is 23.7 Å². The van der Waals surface area contributed by atoms with Crippen molar-refractivity contribution in [2.45, 2.75) is 91.5 Å². The predicted molar refractivity (Wildman–Crippen MR) is 90.7 cm³/mol. The molecule has 0 saturated heterocycles. The summed E-state index contributed by atoms with van der Waals surface area (Å²) >= 11 is 0. The number of halogens is 3. The summed E-state index contributed by atoms with van der Waals surface area (Å²) in [5, 5.41) is 0. The number of rotatable bonds is 8. The van der Waals surface area contributed by atoms with E-state index in [2.05, 4.69) is 20.8 Å². The average Bonchev–Trinajstić information content (AvgIpc) is 2.45. The van der Waals surface area contributed by atoms with Gasteiger partial charge >= 0.3 is 6.18 Å². The highest BCUT2D eigenvalue weighted by atomic mass is 19.4. The standard InChI is InChI=1S/C19H35F3O2/c1-7-14(4)11-18(6,19(20,21)22)24-12-23-17-10-15(5)8-9-16(17)13(2)3/h13-17H,7-12H2,1-6H3. The van der Waals surface area contributed by atoms with Gasteiger partial charge in [0, 0.05) is 0 Å². The first-order valence-electron chi connectivity index (χ1n) is 9.32. The molecule has 0 aromatic heterocycles. The molecule has 0 bridgehead atoms. The lowest BCUT2D eigenvalue weighted by Crippen LogP contribution is -2.47. The van der Waals surface area contributed by atoms with Crippen LogP contribution in [0.4, 0.5) is 13.2 Å². The van der Waals surface area contributed by atoms with Crippen LogP contribution in [0.2, 0.25) is 0 Å². The lowest BCUT2D eigenvalue weighted by Gasteiger charge is -2.39. The monoisotopic (exact) mass is 352 g/mol. The van der Waals surface area contributed by atoms with E-state index in [4.69, 9.17) is 9.47 Å². The second-order valence-electron chi connectivity index (χ2n) is 8.24. The van der Waals surface area contributed by atoms with Gasteiger partial charge in [-0.25, -0.2) is 0 Å². The Bertz CT molecular complexity index is 370. The molecule has 0 aromatic rings. The molecule has 1 saturated carbocycles. The third-order valence-corrected chi connectivity index (χ3v) is 5.66. The Balaban J connectivity index is 2.66. The fraction of sp³-hybridized carbons (Fsp3) is 1.00. The Morgan fingerprint density at radius 3 is 2.25 bits per heavy atom. The normalized spacial score (nSPS) is 29.5. The summed E-state index contributed by atoms with van der Waals surface area (Å²) in [6.07, 6.45) is -0.589. The highest BCUT2D eigenvalue weighted by Gasteiger charge is 2.52. The molecule has 24 heavy (non-hydrogen) atoms. The fourth-order valence-corrected chi connectivity index (χ4v) is 3.62. The van der Waals surface area contributed by atoms with Crippen LogP contribution < -0.4 is 0 Å². The first kappa shape index (κ1) is 21.8. The summed E-state index contributed by atoms with van der Waals surface area (Å²) in [5.41, 5.74) is -2.14. The number of hydrogen-bond donors (Lipinski definition) is 0. The second kappa shape index (κ2) is 8.88. The van der Waals surface area contributed by atoms with E-state index < -0.39 is 11.8 Å². The zero-order valence-corrected chi connectivity index (χ0v) is 16.1. The maximum absolute atomic E-state index is 13.5. The minimum absolute atomic E-state index is 0.00478. The van der Waals surface area contributed by atoms with Crippen molar-refractivity contribution >= 4 is 0 Å². The molecule has 1 aliphatic rings. The van der Waals surface area contributed by atoms with Crippen molar-refractivity contribution in [1.82, 2.24) is 0 Å². The Kier molecular flexibility index (Phi) is 8.05. The van der Waals surface area contributed by atoms with Crippen molar-refractivity contribution in [2.75, 3.05) is 6.79 Å². The quantitative estimate of drug-likeness (QED) is 0.485. The molecule has 144 valence electrons. The molecule has 1 aliphatic carbocycles. The molecule has 1 fully saturated rings. The molecular formula is C19H35F3O2. The molecule has 0 spiro atoms. The first-order valence-corrected chi connectivity index (χ1v) is 9.32. The van der Waals surface area contributed by atoms with Gasteiger partial charge in [0.15, 0.2) is 5.60 Å². The minimum Gasteiger partial charge on any atom is -0.352 e. The van der Waals surface area contributed by atoms with Crippen LogP contribution in [-0.4, -0.2) is 24.7 Å². The largest absolute Gasteiger partial charge is 0.417 e. The van der Waals surface area contributed by atoms with E-state index in [9.17, 15) is 13.2 Å². The molecular weight excluding hydrogens is 317 g/mol. The Labute approximate surface area is 145 Å². The van der Waals surface area contributed by atoms with Gasteiger partial charge in [-0.1, -0.05) is 47.5 Å². The van der Waals surface area contributed by atoms with E-state index in [-0.39, 0.29) is 25.2 Å². The second-order valence-corrected chi connectivity index (χ2v) is 8.24. The molecule has 1 rings (SSSR count). The van der Waals surface area contributed by atoms with Crippen molar-refractivity contribution in [3.05, 3.63) is 0 Å². The Hall–Kier alpha value is -0.290. The maximum atomic E-state index is 13.5. The maximum Gasteiger partial charge on any atom is 0.417 e. The SMILES string of the molecule is CCC(C)CC(C)(OCOC1CC(C)CCC1C(C)C)C(F)(F)F. The van der Waals surface area contributed by atoms with Gasteiger partial charge in [-0.3, -0.25) is 0 Å². The molecule has 0 aromatic carbocycles. The van der Waals surface area contributed by atoms with Crippen LogP contribution in [0.15, 0.2) is 0 Å². The van der Waals surface area contributed by atoms with E-state index in [0.717, 1.165) is 26.2 Å². The third kappa shape index (κ3) is 5.91. The smallest absolute Gasteiger partial charge is 0.352 e. The molecule has 5 unspecified atom stereocenters. The fourth-order valence-electron chi connectivity index (χ4n) is 3.62. The van der Waals surface area contributed by atoms with Gasteiger partial charge < -0.3 is 9.47 Å². The molecule has 0 amide bonds. The van der Waals surface area contributed by atoms with Crippen LogP contribution in [0.5, 0.6) is 0 Å². The van der Waals surface area contributed by atoms with Crippen LogP contribution in [0.1, 0.15) is 73.6 Å². The van der Waals surface area contributed by atoms with Crippen molar-refractivity contribution in [3.63, 3.8) is 0 Å². The zero-order valence-electron chi connectivity index (χ0n) is 16.1. The highest BCUT2D eigenvalue weighted by Crippen LogP contribution is 2.40. The van der Waals surface area contributed by atoms with Gasteiger partial charge in [0.1, 0.15) is 6.79 Å². The molecule has 2 nitrogen and oxygen atoms in total. The van der Waals surface area contributed by atoms with Crippen LogP contribution >= 0.6 is 0 Å². The van der Waals surface area contributed by atoms with Crippen molar-refractivity contribution in [3.8, 4) is 0 Å². The van der Waals surface area contributed by atoms with E-state index in [1.807, 2.05) is 13.8 Å². The summed E-state index contributed by atoms with van der Waals surface area (Å²) in [5.74, 6) is 1.38. The van der Waals surface area contributed by atoms with Crippen LogP contribution in [0.3, 0.4) is 0 Å². The van der Waals surface area contributed by atoms with Crippen LogP contribution in [0.25, 0.3) is 0 Å². The highest BCUT2D eigenvalue weighted by molar-refractivity contribution is 4.86. The third-order valence-electron chi connectivity index (χ3n) is 5.66. The number of alkyl halides is 3. The van der Waals surface area contributed by atoms with Gasteiger partial charge in [0.2, 0.25) is 0 Å². The van der Waals surface area contributed by atoms with E-state index in [1.165, 1.54) is 0 Å². The van der Waals surface area contributed by atoms with Crippen LogP contribution in [0, 0.1) is 23.7 Å². The Morgan fingerprint density at radius 1 is 1.12 bits per heavy atom. The molecule has 5 heteroatoms. The predicted octanol–water partition coefficient (Wildman–Crippen LogP) is 6.20. The topological polar surface area (TPSA) is 18.5 Å². The Morgan fingerprint density at radius 2 is 1.75 bits per heavy atom. The molecule has 0 heterocycles. The van der Waals surface area contributed by atoms with E-state index >= 15 is 0 Å². The summed E-state index contributed by atoms with van der Waals surface area (Å²) in [6.45, 7) is 11.1. The van der Waals surface area contributed by atoms with Crippen molar-refractivity contribution < 1.29 is 22.6 Å². The van der Waals surface area contributed by atoms with Gasteiger partial charge in [0.25, 0.3) is 0 Å². The number of hydrogen-bond acceptors (Lipinski definition) is 2. The van der Waals surface area contributed by atoms with Gasteiger partial charge in [-0.2, -0.15) is 13.2 Å². The number of ether oxygens (including phenoxy) is 2. The van der Waals surface area contributed by atoms with Gasteiger partial charge in [-0.05, 0) is 49.9 Å². The summed E-state index contributed by atoms with van der Waals surface area (Å²) in [7, 11) is 0. The average molecular weight is 352 g/mol.